The Kier molecular flexibility index (Phi) is 6.42. The fourth-order valence-corrected chi connectivity index (χ4v) is 3.55. The van der Waals surface area contributed by atoms with Crippen molar-refractivity contribution in [3.8, 4) is 16.9 Å². The van der Waals surface area contributed by atoms with Crippen LogP contribution in [0.15, 0.2) is 42.5 Å². The normalized spacial score (nSPS) is 15.9. The smallest absolute Gasteiger partial charge is 0.492 e. The number of alkyl halides is 3. The first-order chi connectivity index (χ1) is 13.8. The molecule has 0 amide bonds. The summed E-state index contributed by atoms with van der Waals surface area (Å²) in [5.41, 5.74) is 2.72. The Morgan fingerprint density at radius 1 is 1.10 bits per heavy atom. The highest BCUT2D eigenvalue weighted by molar-refractivity contribution is 5.75. The van der Waals surface area contributed by atoms with Gasteiger partial charge in [-0.05, 0) is 54.5 Å². The van der Waals surface area contributed by atoms with Gasteiger partial charge in [0, 0.05) is 18.7 Å². The van der Waals surface area contributed by atoms with Gasteiger partial charge in [-0.25, -0.2) is 9.18 Å². The van der Waals surface area contributed by atoms with E-state index in [0.717, 1.165) is 21.8 Å². The van der Waals surface area contributed by atoms with Crippen molar-refractivity contribution in [2.45, 2.75) is 25.4 Å². The first kappa shape index (κ1) is 21.1. The van der Waals surface area contributed by atoms with E-state index >= 15 is 0 Å². The number of hydrogen-bond acceptors (Lipinski definition) is 4. The van der Waals surface area contributed by atoms with Crippen LogP contribution in [0.5, 0.6) is 5.75 Å². The van der Waals surface area contributed by atoms with Gasteiger partial charge in [0.25, 0.3) is 0 Å². The molecule has 0 aliphatic carbocycles. The number of nitrogens with zero attached hydrogens (tertiary/aromatic N) is 1. The second-order valence-electron chi connectivity index (χ2n) is 6.95. The molecule has 2 aromatic carbocycles. The highest BCUT2D eigenvalue weighted by Crippen LogP contribution is 2.36. The Morgan fingerprint density at radius 3 is 2.34 bits per heavy atom. The third-order valence-electron chi connectivity index (χ3n) is 4.99. The van der Waals surface area contributed by atoms with Gasteiger partial charge < -0.3 is 9.57 Å². The zero-order valence-corrected chi connectivity index (χ0v) is 15.8. The maximum atomic E-state index is 13.3. The van der Waals surface area contributed by atoms with Crippen LogP contribution < -0.4 is 4.74 Å². The van der Waals surface area contributed by atoms with Crippen molar-refractivity contribution >= 4 is 5.97 Å². The number of carbonyl (C=O) groups excluding carboxylic acids is 1. The lowest BCUT2D eigenvalue weighted by molar-refractivity contribution is -0.242. The minimum absolute atomic E-state index is 0.210. The standard InChI is InChI=1S/C21H21F4NO3/c1-28-18-4-2-3-16(19(18)15-5-7-17(22)8-6-15)13-14-9-11-26(12-10-14)29-20(27)21(23,24)25/h2-8,14H,9-13H2,1H3. The third-order valence-corrected chi connectivity index (χ3v) is 4.99. The van der Waals surface area contributed by atoms with Crippen molar-refractivity contribution in [3.05, 3.63) is 53.8 Å². The lowest BCUT2D eigenvalue weighted by Crippen LogP contribution is -2.39. The molecule has 2 aromatic rings. The Hall–Kier alpha value is -2.61. The Labute approximate surface area is 166 Å². The molecule has 1 saturated heterocycles. The molecular formula is C21H21F4NO3. The summed E-state index contributed by atoms with van der Waals surface area (Å²) in [6.45, 7) is 0.477. The van der Waals surface area contributed by atoms with Gasteiger partial charge in [-0.2, -0.15) is 13.2 Å². The van der Waals surface area contributed by atoms with Crippen LogP contribution in [-0.2, 0) is 16.1 Å². The molecular weight excluding hydrogens is 390 g/mol. The van der Waals surface area contributed by atoms with E-state index < -0.39 is 12.1 Å². The Morgan fingerprint density at radius 2 is 1.76 bits per heavy atom. The molecule has 156 valence electrons. The summed E-state index contributed by atoms with van der Waals surface area (Å²) in [5.74, 6) is -1.64. The van der Waals surface area contributed by atoms with Gasteiger partial charge >= 0.3 is 12.1 Å². The van der Waals surface area contributed by atoms with Gasteiger partial charge in [-0.1, -0.05) is 24.3 Å². The van der Waals surface area contributed by atoms with Crippen molar-refractivity contribution in [2.75, 3.05) is 20.2 Å². The number of benzene rings is 2. The molecule has 0 bridgehead atoms. The fraction of sp³-hybridized carbons (Fsp3) is 0.381. The number of hydrogen-bond donors (Lipinski definition) is 0. The van der Waals surface area contributed by atoms with E-state index in [1.165, 1.54) is 12.1 Å². The zero-order valence-electron chi connectivity index (χ0n) is 15.8. The number of hydroxylamine groups is 2. The number of piperidine rings is 1. The molecule has 1 aliphatic heterocycles. The minimum Gasteiger partial charge on any atom is -0.496 e. The maximum absolute atomic E-state index is 13.3. The topological polar surface area (TPSA) is 38.8 Å². The summed E-state index contributed by atoms with van der Waals surface area (Å²) >= 11 is 0. The molecule has 0 saturated carbocycles. The van der Waals surface area contributed by atoms with E-state index in [2.05, 4.69) is 4.84 Å². The largest absolute Gasteiger partial charge is 0.496 e. The van der Waals surface area contributed by atoms with Crippen molar-refractivity contribution in [3.63, 3.8) is 0 Å². The van der Waals surface area contributed by atoms with Crippen LogP contribution in [0.3, 0.4) is 0 Å². The van der Waals surface area contributed by atoms with Crippen molar-refractivity contribution in [1.82, 2.24) is 5.06 Å². The number of halogens is 4. The van der Waals surface area contributed by atoms with Crippen LogP contribution in [0.1, 0.15) is 18.4 Å². The third kappa shape index (κ3) is 5.26. The first-order valence-electron chi connectivity index (χ1n) is 9.24. The monoisotopic (exact) mass is 411 g/mol. The van der Waals surface area contributed by atoms with Gasteiger partial charge in [-0.3, -0.25) is 0 Å². The molecule has 1 aliphatic rings. The van der Waals surface area contributed by atoms with Crippen molar-refractivity contribution in [2.24, 2.45) is 5.92 Å². The van der Waals surface area contributed by atoms with Crippen molar-refractivity contribution in [1.29, 1.82) is 0 Å². The number of carbonyl (C=O) groups is 1. The second-order valence-corrected chi connectivity index (χ2v) is 6.95. The van der Waals surface area contributed by atoms with E-state index in [0.29, 0.717) is 25.0 Å². The van der Waals surface area contributed by atoms with Gasteiger partial charge in [-0.15, -0.1) is 5.06 Å². The lowest BCUT2D eigenvalue weighted by atomic mass is 9.87. The highest BCUT2D eigenvalue weighted by Gasteiger charge is 2.43. The average Bonchev–Trinajstić information content (AvgIpc) is 2.69. The van der Waals surface area contributed by atoms with Crippen LogP contribution in [0, 0.1) is 11.7 Å². The summed E-state index contributed by atoms with van der Waals surface area (Å²) in [4.78, 5) is 15.4. The molecule has 0 unspecified atom stereocenters. The fourth-order valence-electron chi connectivity index (χ4n) is 3.55. The van der Waals surface area contributed by atoms with E-state index in [4.69, 9.17) is 4.74 Å². The average molecular weight is 411 g/mol. The van der Waals surface area contributed by atoms with Gasteiger partial charge in [0.2, 0.25) is 0 Å². The maximum Gasteiger partial charge on any atom is 0.492 e. The van der Waals surface area contributed by atoms with Gasteiger partial charge in [0.05, 0.1) is 7.11 Å². The van der Waals surface area contributed by atoms with Gasteiger partial charge in [0.1, 0.15) is 11.6 Å². The van der Waals surface area contributed by atoms with Crippen LogP contribution in [0.2, 0.25) is 0 Å². The lowest BCUT2D eigenvalue weighted by Gasteiger charge is -2.31. The molecule has 3 rings (SSSR count). The SMILES string of the molecule is COc1cccc(CC2CCN(OC(=O)C(F)(F)F)CC2)c1-c1ccc(F)cc1. The van der Waals surface area contributed by atoms with E-state index in [1.54, 1.807) is 19.2 Å². The van der Waals surface area contributed by atoms with Crippen LogP contribution in [0.4, 0.5) is 17.6 Å². The molecule has 0 radical (unpaired) electrons. The predicted molar refractivity (Wildman–Crippen MR) is 98.5 cm³/mol. The molecule has 0 atom stereocenters. The molecule has 0 spiro atoms. The van der Waals surface area contributed by atoms with Crippen LogP contribution in [-0.4, -0.2) is 37.4 Å². The number of rotatable bonds is 5. The van der Waals surface area contributed by atoms with Gasteiger partial charge in [0.15, 0.2) is 0 Å². The zero-order chi connectivity index (χ0) is 21.0. The molecule has 0 aromatic heterocycles. The van der Waals surface area contributed by atoms with E-state index in [1.807, 2.05) is 18.2 Å². The molecule has 4 nitrogen and oxygen atoms in total. The first-order valence-corrected chi connectivity index (χ1v) is 9.24. The van der Waals surface area contributed by atoms with Crippen LogP contribution in [0.25, 0.3) is 11.1 Å². The van der Waals surface area contributed by atoms with Crippen molar-refractivity contribution < 1.29 is 31.9 Å². The highest BCUT2D eigenvalue weighted by atomic mass is 19.4. The molecule has 0 N–H and O–H groups in total. The summed E-state index contributed by atoms with van der Waals surface area (Å²) in [5, 5.41) is 1.07. The minimum atomic E-state index is -5.00. The number of ether oxygens (including phenoxy) is 1. The predicted octanol–water partition coefficient (Wildman–Crippen LogP) is 4.78. The Balaban J connectivity index is 1.70. The quantitative estimate of drug-likeness (QED) is 0.664. The summed E-state index contributed by atoms with van der Waals surface area (Å²) < 4.78 is 55.8. The molecule has 1 heterocycles. The molecule has 29 heavy (non-hydrogen) atoms. The van der Waals surface area contributed by atoms with Crippen LogP contribution >= 0.6 is 0 Å². The Bertz CT molecular complexity index is 844. The van der Waals surface area contributed by atoms with E-state index in [-0.39, 0.29) is 24.8 Å². The summed E-state index contributed by atoms with van der Waals surface area (Å²) in [7, 11) is 1.57. The number of methoxy groups -OCH3 is 1. The second kappa shape index (κ2) is 8.82. The van der Waals surface area contributed by atoms with E-state index in [9.17, 15) is 22.4 Å². The molecule has 1 fully saturated rings. The summed E-state index contributed by atoms with van der Waals surface area (Å²) in [6.07, 6.45) is -3.14. The summed E-state index contributed by atoms with van der Waals surface area (Å²) in [6, 6.07) is 11.8. The molecule has 8 heteroatoms.